The molecule has 3 nitrogen and oxygen atoms in total. The molecule has 0 heterocycles. The number of hydrogen-bond donors (Lipinski definition) is 1. The van der Waals surface area contributed by atoms with Gasteiger partial charge in [-0.25, -0.2) is 0 Å². The zero-order valence-corrected chi connectivity index (χ0v) is 12.5. The van der Waals surface area contributed by atoms with Crippen LogP contribution in [0.25, 0.3) is 10.8 Å². The Morgan fingerprint density at radius 3 is 2.63 bits per heavy atom. The van der Waals surface area contributed by atoms with Crippen LogP contribution in [0.2, 0.25) is 0 Å². The second kappa shape index (κ2) is 6.06. The summed E-state index contributed by atoms with van der Waals surface area (Å²) in [5, 5.41) is 5.64. The largest absolute Gasteiger partial charge is 0.469 e. The van der Waals surface area contributed by atoms with Gasteiger partial charge in [-0.1, -0.05) is 40.2 Å². The number of rotatable bonds is 4. The van der Waals surface area contributed by atoms with Crippen molar-refractivity contribution < 1.29 is 9.53 Å². The lowest BCUT2D eigenvalue weighted by atomic mass is 10.1. The smallest absolute Gasteiger partial charge is 0.307 e. The SMILES string of the molecule is COC(=O)CC(C)Nc1ccc(Br)c2ccccc12. The standard InChI is InChI=1S/C15H16BrNO2/c1-10(9-15(18)19-2)17-14-8-7-13(16)11-5-3-4-6-12(11)14/h3-8,10,17H,9H2,1-2H3. The molecule has 0 saturated heterocycles. The molecule has 0 fully saturated rings. The van der Waals surface area contributed by atoms with Crippen LogP contribution in [0.1, 0.15) is 13.3 Å². The Morgan fingerprint density at radius 1 is 1.26 bits per heavy atom. The lowest BCUT2D eigenvalue weighted by molar-refractivity contribution is -0.140. The minimum Gasteiger partial charge on any atom is -0.469 e. The van der Waals surface area contributed by atoms with Crippen molar-refractivity contribution in [2.24, 2.45) is 0 Å². The number of methoxy groups -OCH3 is 1. The van der Waals surface area contributed by atoms with Gasteiger partial charge in [0.05, 0.1) is 13.5 Å². The first-order valence-corrected chi connectivity index (χ1v) is 6.91. The van der Waals surface area contributed by atoms with E-state index in [4.69, 9.17) is 0 Å². The number of ether oxygens (including phenoxy) is 1. The highest BCUT2D eigenvalue weighted by Gasteiger charge is 2.11. The van der Waals surface area contributed by atoms with E-state index in [0.29, 0.717) is 6.42 Å². The van der Waals surface area contributed by atoms with Crippen LogP contribution in [-0.4, -0.2) is 19.1 Å². The highest BCUT2D eigenvalue weighted by molar-refractivity contribution is 9.10. The molecule has 100 valence electrons. The fourth-order valence-electron chi connectivity index (χ4n) is 2.04. The molecule has 0 amide bonds. The Labute approximate surface area is 121 Å². The average molecular weight is 322 g/mol. The first-order chi connectivity index (χ1) is 9.11. The van der Waals surface area contributed by atoms with Crippen LogP contribution in [0.5, 0.6) is 0 Å². The monoisotopic (exact) mass is 321 g/mol. The van der Waals surface area contributed by atoms with Crippen LogP contribution in [-0.2, 0) is 9.53 Å². The first-order valence-electron chi connectivity index (χ1n) is 6.12. The number of esters is 1. The van der Waals surface area contributed by atoms with Crippen LogP contribution in [0.15, 0.2) is 40.9 Å². The predicted octanol–water partition coefficient (Wildman–Crippen LogP) is 3.97. The van der Waals surface area contributed by atoms with Crippen molar-refractivity contribution >= 4 is 38.4 Å². The summed E-state index contributed by atoms with van der Waals surface area (Å²) in [6.45, 7) is 1.97. The van der Waals surface area contributed by atoms with Gasteiger partial charge < -0.3 is 10.1 Å². The van der Waals surface area contributed by atoms with E-state index in [2.05, 4.69) is 38.1 Å². The van der Waals surface area contributed by atoms with Gasteiger partial charge in [-0.2, -0.15) is 0 Å². The Morgan fingerprint density at radius 2 is 1.95 bits per heavy atom. The number of fused-ring (bicyclic) bond motifs is 1. The molecule has 2 aromatic rings. The van der Waals surface area contributed by atoms with Gasteiger partial charge in [0.1, 0.15) is 0 Å². The van der Waals surface area contributed by atoms with Gasteiger partial charge in [0.2, 0.25) is 0 Å². The maximum atomic E-state index is 11.3. The van der Waals surface area contributed by atoms with E-state index < -0.39 is 0 Å². The van der Waals surface area contributed by atoms with Gasteiger partial charge in [0.25, 0.3) is 0 Å². The molecule has 0 radical (unpaired) electrons. The second-order valence-corrected chi connectivity index (χ2v) is 5.32. The molecular weight excluding hydrogens is 306 g/mol. The summed E-state index contributed by atoms with van der Waals surface area (Å²) >= 11 is 3.55. The van der Waals surface area contributed by atoms with Crippen LogP contribution in [0.3, 0.4) is 0 Å². The van der Waals surface area contributed by atoms with E-state index in [1.807, 2.05) is 31.2 Å². The number of halogens is 1. The molecular formula is C15H16BrNO2. The molecule has 2 rings (SSSR count). The van der Waals surface area contributed by atoms with E-state index in [0.717, 1.165) is 20.9 Å². The van der Waals surface area contributed by atoms with E-state index in [-0.39, 0.29) is 12.0 Å². The fourth-order valence-corrected chi connectivity index (χ4v) is 2.52. The molecule has 0 aromatic heterocycles. The Kier molecular flexibility index (Phi) is 4.43. The zero-order valence-electron chi connectivity index (χ0n) is 10.9. The lowest BCUT2D eigenvalue weighted by Crippen LogP contribution is -2.20. The van der Waals surface area contributed by atoms with Crippen LogP contribution < -0.4 is 5.32 Å². The quantitative estimate of drug-likeness (QED) is 0.866. The van der Waals surface area contributed by atoms with E-state index in [1.165, 1.54) is 7.11 Å². The Hall–Kier alpha value is -1.55. The number of benzene rings is 2. The van der Waals surface area contributed by atoms with E-state index >= 15 is 0 Å². The van der Waals surface area contributed by atoms with Crippen LogP contribution >= 0.6 is 15.9 Å². The number of anilines is 1. The minimum atomic E-state index is -0.207. The highest BCUT2D eigenvalue weighted by atomic mass is 79.9. The molecule has 19 heavy (non-hydrogen) atoms. The number of nitrogens with one attached hydrogen (secondary N) is 1. The third kappa shape index (κ3) is 3.26. The lowest BCUT2D eigenvalue weighted by Gasteiger charge is -2.16. The molecule has 0 aliphatic rings. The Bertz CT molecular complexity index is 598. The van der Waals surface area contributed by atoms with Gasteiger partial charge in [-0.15, -0.1) is 0 Å². The van der Waals surface area contributed by atoms with Crippen molar-refractivity contribution in [3.05, 3.63) is 40.9 Å². The van der Waals surface area contributed by atoms with Crippen molar-refractivity contribution in [2.75, 3.05) is 12.4 Å². The summed E-state index contributed by atoms with van der Waals surface area (Å²) < 4.78 is 5.74. The molecule has 0 spiro atoms. The molecule has 0 saturated carbocycles. The number of carbonyl (C=O) groups excluding carboxylic acids is 1. The third-order valence-electron chi connectivity index (χ3n) is 2.97. The summed E-state index contributed by atoms with van der Waals surface area (Å²) in [7, 11) is 1.41. The minimum absolute atomic E-state index is 0.0250. The van der Waals surface area contributed by atoms with Gasteiger partial charge in [-0.05, 0) is 24.4 Å². The summed E-state index contributed by atoms with van der Waals surface area (Å²) in [4.78, 5) is 11.3. The van der Waals surface area contributed by atoms with Crippen LogP contribution in [0.4, 0.5) is 5.69 Å². The predicted molar refractivity (Wildman–Crippen MR) is 81.4 cm³/mol. The average Bonchev–Trinajstić information content (AvgIpc) is 2.42. The second-order valence-electron chi connectivity index (χ2n) is 4.47. The van der Waals surface area contributed by atoms with Crippen molar-refractivity contribution in [3.8, 4) is 0 Å². The molecule has 0 aliphatic carbocycles. The molecule has 1 atom stereocenters. The zero-order chi connectivity index (χ0) is 13.8. The van der Waals surface area contributed by atoms with Crippen LogP contribution in [0, 0.1) is 0 Å². The third-order valence-corrected chi connectivity index (χ3v) is 3.66. The Balaban J connectivity index is 2.26. The van der Waals surface area contributed by atoms with Gasteiger partial charge >= 0.3 is 5.97 Å². The van der Waals surface area contributed by atoms with E-state index in [9.17, 15) is 4.79 Å². The van der Waals surface area contributed by atoms with E-state index in [1.54, 1.807) is 0 Å². The topological polar surface area (TPSA) is 38.3 Å². The summed E-state index contributed by atoms with van der Waals surface area (Å²) in [5.41, 5.74) is 1.02. The van der Waals surface area contributed by atoms with Gasteiger partial charge in [0, 0.05) is 21.6 Å². The number of carbonyl (C=O) groups is 1. The first kappa shape index (κ1) is 13.9. The molecule has 0 aliphatic heterocycles. The van der Waals surface area contributed by atoms with Crippen molar-refractivity contribution in [1.29, 1.82) is 0 Å². The van der Waals surface area contributed by atoms with Gasteiger partial charge in [-0.3, -0.25) is 4.79 Å². The summed E-state index contributed by atoms with van der Waals surface area (Å²) in [5.74, 6) is -0.207. The van der Waals surface area contributed by atoms with Gasteiger partial charge in [0.15, 0.2) is 0 Å². The maximum absolute atomic E-state index is 11.3. The molecule has 1 N–H and O–H groups in total. The molecule has 1 unspecified atom stereocenters. The molecule has 4 heteroatoms. The fraction of sp³-hybridized carbons (Fsp3) is 0.267. The maximum Gasteiger partial charge on any atom is 0.307 e. The normalized spacial score (nSPS) is 12.2. The van der Waals surface area contributed by atoms with Crippen molar-refractivity contribution in [1.82, 2.24) is 0 Å². The highest BCUT2D eigenvalue weighted by Crippen LogP contribution is 2.30. The molecule has 2 aromatic carbocycles. The summed E-state index contributed by atoms with van der Waals surface area (Å²) in [6.07, 6.45) is 0.348. The van der Waals surface area contributed by atoms with Crippen molar-refractivity contribution in [3.63, 3.8) is 0 Å². The molecule has 0 bridgehead atoms. The summed E-state index contributed by atoms with van der Waals surface area (Å²) in [6, 6.07) is 12.2. The number of hydrogen-bond acceptors (Lipinski definition) is 3. The van der Waals surface area contributed by atoms with Crippen molar-refractivity contribution in [2.45, 2.75) is 19.4 Å².